The Labute approximate surface area is 95.1 Å². The van der Waals surface area contributed by atoms with Crippen molar-refractivity contribution in [1.29, 1.82) is 0 Å². The van der Waals surface area contributed by atoms with E-state index in [9.17, 15) is 13.2 Å². The first-order valence-electron chi connectivity index (χ1n) is 4.15. The molecule has 0 aliphatic heterocycles. The Balaban J connectivity index is 2.83. The van der Waals surface area contributed by atoms with Crippen molar-refractivity contribution in [2.24, 2.45) is 10.8 Å². The van der Waals surface area contributed by atoms with Crippen LogP contribution in [0.15, 0.2) is 29.4 Å². The minimum absolute atomic E-state index is 0.0526. The molecule has 0 aliphatic rings. The van der Waals surface area contributed by atoms with E-state index in [0.29, 0.717) is 5.56 Å². The van der Waals surface area contributed by atoms with E-state index < -0.39 is 11.7 Å². The lowest BCUT2D eigenvalue weighted by Crippen LogP contribution is -2.24. The molecule has 0 unspecified atom stereocenters. The number of alkyl halides is 3. The highest BCUT2D eigenvalue weighted by Gasteiger charge is 2.30. The maximum atomic E-state index is 12.3. The number of hydrogen-bond donors (Lipinski definition) is 2. The zero-order valence-electron chi connectivity index (χ0n) is 7.95. The van der Waals surface area contributed by atoms with Crippen molar-refractivity contribution in [3.63, 3.8) is 0 Å². The van der Waals surface area contributed by atoms with Gasteiger partial charge in [0, 0.05) is 0 Å². The van der Waals surface area contributed by atoms with E-state index in [4.69, 9.17) is 5.73 Å². The van der Waals surface area contributed by atoms with Gasteiger partial charge in [-0.2, -0.15) is 18.3 Å². The lowest BCUT2D eigenvalue weighted by atomic mass is 10.1. The molecule has 0 amide bonds. The third-order valence-corrected chi connectivity index (χ3v) is 1.69. The number of hydrogen-bond acceptors (Lipinski definition) is 2. The molecule has 0 saturated heterocycles. The molecule has 0 heterocycles. The Kier molecular flexibility index (Phi) is 3.83. The third-order valence-electron chi connectivity index (χ3n) is 1.60. The lowest BCUT2D eigenvalue weighted by molar-refractivity contribution is -0.137. The van der Waals surface area contributed by atoms with Crippen molar-refractivity contribution in [1.82, 2.24) is 5.43 Å². The minimum atomic E-state index is -4.36. The summed E-state index contributed by atoms with van der Waals surface area (Å²) in [5.74, 6) is 0. The number of benzene rings is 1. The highest BCUT2D eigenvalue weighted by Crippen LogP contribution is 2.29. The van der Waals surface area contributed by atoms with Crippen molar-refractivity contribution in [2.75, 3.05) is 0 Å². The quantitative estimate of drug-likeness (QED) is 0.476. The van der Waals surface area contributed by atoms with Gasteiger partial charge >= 0.3 is 6.18 Å². The zero-order chi connectivity index (χ0) is 12.2. The molecule has 1 aromatic rings. The van der Waals surface area contributed by atoms with Crippen LogP contribution < -0.4 is 11.2 Å². The van der Waals surface area contributed by atoms with Gasteiger partial charge in [0.1, 0.15) is 0 Å². The van der Waals surface area contributed by atoms with Crippen LogP contribution in [0, 0.1) is 0 Å². The van der Waals surface area contributed by atoms with Gasteiger partial charge in [0.15, 0.2) is 5.11 Å². The van der Waals surface area contributed by atoms with Gasteiger partial charge in [0.25, 0.3) is 0 Å². The molecule has 0 atom stereocenters. The van der Waals surface area contributed by atoms with Crippen LogP contribution in [0.3, 0.4) is 0 Å². The highest BCUT2D eigenvalue weighted by molar-refractivity contribution is 7.80. The number of nitrogens with zero attached hydrogens (tertiary/aromatic N) is 1. The van der Waals surface area contributed by atoms with E-state index in [0.717, 1.165) is 12.1 Å². The molecule has 7 heteroatoms. The molecule has 0 aromatic heterocycles. The topological polar surface area (TPSA) is 50.4 Å². The molecule has 0 spiro atoms. The second-order valence-corrected chi connectivity index (χ2v) is 3.30. The average molecular weight is 247 g/mol. The second-order valence-electron chi connectivity index (χ2n) is 2.86. The lowest BCUT2D eigenvalue weighted by Gasteiger charge is -2.06. The van der Waals surface area contributed by atoms with Crippen LogP contribution in [0.2, 0.25) is 0 Å². The molecule has 0 aliphatic carbocycles. The SMILES string of the molecule is NC(=S)N/N=C\c1cccc(C(F)(F)F)c1. The first-order chi connectivity index (χ1) is 7.39. The van der Waals surface area contributed by atoms with Crippen LogP contribution in [0.4, 0.5) is 13.2 Å². The molecule has 3 nitrogen and oxygen atoms in total. The van der Waals surface area contributed by atoms with Gasteiger partial charge in [0.2, 0.25) is 0 Å². The minimum Gasteiger partial charge on any atom is -0.375 e. The predicted octanol–water partition coefficient (Wildman–Crippen LogP) is 1.87. The van der Waals surface area contributed by atoms with E-state index in [-0.39, 0.29) is 5.11 Å². The van der Waals surface area contributed by atoms with Crippen LogP contribution >= 0.6 is 12.2 Å². The fourth-order valence-electron chi connectivity index (χ4n) is 0.966. The summed E-state index contributed by atoms with van der Waals surface area (Å²) in [5.41, 5.74) is 6.91. The number of hydrazone groups is 1. The van der Waals surface area contributed by atoms with E-state index >= 15 is 0 Å². The van der Waals surface area contributed by atoms with Gasteiger partial charge in [-0.25, -0.2) is 0 Å². The summed E-state index contributed by atoms with van der Waals surface area (Å²) in [6, 6.07) is 4.74. The van der Waals surface area contributed by atoms with Crippen LogP contribution in [0.5, 0.6) is 0 Å². The van der Waals surface area contributed by atoms with Gasteiger partial charge in [-0.05, 0) is 29.9 Å². The number of nitrogens with one attached hydrogen (secondary N) is 1. The van der Waals surface area contributed by atoms with E-state index in [1.54, 1.807) is 0 Å². The largest absolute Gasteiger partial charge is 0.416 e. The van der Waals surface area contributed by atoms with Crippen molar-refractivity contribution < 1.29 is 13.2 Å². The van der Waals surface area contributed by atoms with Crippen LogP contribution in [-0.2, 0) is 6.18 Å². The van der Waals surface area contributed by atoms with Crippen LogP contribution in [0.25, 0.3) is 0 Å². The molecule has 0 bridgehead atoms. The maximum Gasteiger partial charge on any atom is 0.416 e. The number of nitrogens with two attached hydrogens (primary N) is 1. The highest BCUT2D eigenvalue weighted by atomic mass is 32.1. The Morgan fingerprint density at radius 1 is 1.44 bits per heavy atom. The number of halogens is 3. The summed E-state index contributed by atoms with van der Waals surface area (Å²) in [5, 5.41) is 3.50. The molecule has 1 rings (SSSR count). The fourth-order valence-corrected chi connectivity index (χ4v) is 1.02. The van der Waals surface area contributed by atoms with Crippen LogP contribution in [-0.4, -0.2) is 11.3 Å². The molecule has 1 aromatic carbocycles. The first kappa shape index (κ1) is 12.4. The molecule has 0 saturated carbocycles. The maximum absolute atomic E-state index is 12.3. The molecular formula is C9H8F3N3S. The van der Waals surface area contributed by atoms with Gasteiger partial charge in [-0.15, -0.1) is 0 Å². The van der Waals surface area contributed by atoms with E-state index in [1.165, 1.54) is 18.3 Å². The number of thiocarbonyl (C=S) groups is 1. The third kappa shape index (κ3) is 3.85. The Morgan fingerprint density at radius 3 is 2.69 bits per heavy atom. The zero-order valence-corrected chi connectivity index (χ0v) is 8.77. The Hall–Kier alpha value is -1.63. The predicted molar refractivity (Wildman–Crippen MR) is 59.0 cm³/mol. The first-order valence-corrected chi connectivity index (χ1v) is 4.56. The Bertz CT molecular complexity index is 415. The summed E-state index contributed by atoms with van der Waals surface area (Å²) < 4.78 is 37.0. The average Bonchev–Trinajstić information content (AvgIpc) is 2.16. The molecule has 86 valence electrons. The van der Waals surface area contributed by atoms with E-state index in [1.807, 2.05) is 0 Å². The van der Waals surface area contributed by atoms with Gasteiger partial charge < -0.3 is 5.73 Å². The molecule has 3 N–H and O–H groups in total. The molecule has 16 heavy (non-hydrogen) atoms. The standard InChI is InChI=1S/C9H8F3N3S/c10-9(11,12)7-3-1-2-6(4-7)5-14-15-8(13)16/h1-5H,(H3,13,15,16)/b14-5-. The van der Waals surface area contributed by atoms with Gasteiger partial charge in [-0.1, -0.05) is 12.1 Å². The summed E-state index contributed by atoms with van der Waals surface area (Å²) in [4.78, 5) is 0. The normalized spacial score (nSPS) is 11.7. The van der Waals surface area contributed by atoms with Crippen molar-refractivity contribution in [3.8, 4) is 0 Å². The van der Waals surface area contributed by atoms with Crippen molar-refractivity contribution in [2.45, 2.75) is 6.18 Å². The summed E-state index contributed by atoms with van der Waals surface area (Å²) >= 11 is 4.47. The molecule has 0 fully saturated rings. The van der Waals surface area contributed by atoms with Crippen molar-refractivity contribution in [3.05, 3.63) is 35.4 Å². The number of rotatable bonds is 2. The van der Waals surface area contributed by atoms with Gasteiger partial charge in [-0.3, -0.25) is 5.43 Å². The summed E-state index contributed by atoms with van der Waals surface area (Å²) in [7, 11) is 0. The van der Waals surface area contributed by atoms with E-state index in [2.05, 4.69) is 22.7 Å². The Morgan fingerprint density at radius 2 is 2.12 bits per heavy atom. The summed E-state index contributed by atoms with van der Waals surface area (Å²) in [6.07, 6.45) is -3.16. The molecule has 0 radical (unpaired) electrons. The van der Waals surface area contributed by atoms with Gasteiger partial charge in [0.05, 0.1) is 11.8 Å². The smallest absolute Gasteiger partial charge is 0.375 e. The van der Waals surface area contributed by atoms with Crippen LogP contribution in [0.1, 0.15) is 11.1 Å². The summed E-state index contributed by atoms with van der Waals surface area (Å²) in [6.45, 7) is 0. The second kappa shape index (κ2) is 4.93. The fraction of sp³-hybridized carbons (Fsp3) is 0.111. The molecular weight excluding hydrogens is 239 g/mol. The monoisotopic (exact) mass is 247 g/mol. The van der Waals surface area contributed by atoms with Crippen molar-refractivity contribution >= 4 is 23.5 Å².